The predicted octanol–water partition coefficient (Wildman–Crippen LogP) is 3.26. The lowest BCUT2D eigenvalue weighted by molar-refractivity contribution is -0.384. The SMILES string of the molecule is CCOC(=O)c1c(-c2ccc([N+](=O)[O-])cc2)csc1NC(=O)C[C@H]1CCS(=O)(=O)C1. The molecule has 1 aliphatic rings. The van der Waals surface area contributed by atoms with Gasteiger partial charge in [0.2, 0.25) is 5.91 Å². The second-order valence-corrected chi connectivity index (χ2v) is 10.0. The first kappa shape index (κ1) is 21.9. The van der Waals surface area contributed by atoms with E-state index in [9.17, 15) is 28.1 Å². The number of benzene rings is 1. The van der Waals surface area contributed by atoms with Gasteiger partial charge in [-0.25, -0.2) is 13.2 Å². The number of nitrogens with zero attached hydrogens (tertiary/aromatic N) is 1. The molecule has 2 heterocycles. The Morgan fingerprint density at radius 1 is 1.30 bits per heavy atom. The van der Waals surface area contributed by atoms with E-state index in [1.807, 2.05) is 0 Å². The largest absolute Gasteiger partial charge is 0.462 e. The topological polar surface area (TPSA) is 133 Å². The van der Waals surface area contributed by atoms with Crippen LogP contribution >= 0.6 is 11.3 Å². The molecule has 160 valence electrons. The van der Waals surface area contributed by atoms with Gasteiger partial charge in [-0.05, 0) is 37.0 Å². The lowest BCUT2D eigenvalue weighted by atomic mass is 10.0. The molecular formula is C19H20N2O7S2. The molecule has 1 fully saturated rings. The van der Waals surface area contributed by atoms with Crippen LogP contribution in [0.15, 0.2) is 29.6 Å². The summed E-state index contributed by atoms with van der Waals surface area (Å²) >= 11 is 1.14. The molecule has 2 aromatic rings. The fourth-order valence-corrected chi connectivity index (χ4v) is 6.14. The summed E-state index contributed by atoms with van der Waals surface area (Å²) < 4.78 is 28.3. The fraction of sp³-hybridized carbons (Fsp3) is 0.368. The van der Waals surface area contributed by atoms with Gasteiger partial charge in [0.25, 0.3) is 5.69 Å². The van der Waals surface area contributed by atoms with E-state index in [0.29, 0.717) is 22.5 Å². The highest BCUT2D eigenvalue weighted by atomic mass is 32.2. The molecular weight excluding hydrogens is 432 g/mol. The van der Waals surface area contributed by atoms with E-state index >= 15 is 0 Å². The fourth-order valence-electron chi connectivity index (χ4n) is 3.30. The molecule has 1 atom stereocenters. The molecule has 0 bridgehead atoms. The third kappa shape index (κ3) is 5.03. The monoisotopic (exact) mass is 452 g/mol. The van der Waals surface area contributed by atoms with Crippen molar-refractivity contribution in [1.82, 2.24) is 0 Å². The van der Waals surface area contributed by atoms with E-state index < -0.39 is 20.7 Å². The van der Waals surface area contributed by atoms with E-state index in [1.54, 1.807) is 12.3 Å². The van der Waals surface area contributed by atoms with Crippen molar-refractivity contribution >= 4 is 43.7 Å². The zero-order valence-electron chi connectivity index (χ0n) is 16.1. The first-order valence-corrected chi connectivity index (χ1v) is 11.9. The second kappa shape index (κ2) is 8.92. The number of thiophene rings is 1. The predicted molar refractivity (Wildman–Crippen MR) is 112 cm³/mol. The Hall–Kier alpha value is -2.79. The molecule has 1 saturated heterocycles. The number of ether oxygens (including phenoxy) is 1. The van der Waals surface area contributed by atoms with Crippen molar-refractivity contribution in [2.75, 3.05) is 23.4 Å². The Bertz CT molecular complexity index is 1070. The van der Waals surface area contributed by atoms with Crippen molar-refractivity contribution in [3.05, 3.63) is 45.3 Å². The Balaban J connectivity index is 1.84. The zero-order chi connectivity index (χ0) is 21.9. The Kier molecular flexibility index (Phi) is 6.52. The van der Waals surface area contributed by atoms with Crippen LogP contribution in [-0.4, -0.2) is 43.3 Å². The van der Waals surface area contributed by atoms with Gasteiger partial charge in [-0.2, -0.15) is 0 Å². The average molecular weight is 453 g/mol. The Morgan fingerprint density at radius 3 is 2.57 bits per heavy atom. The van der Waals surface area contributed by atoms with E-state index in [-0.39, 0.29) is 47.6 Å². The summed E-state index contributed by atoms with van der Waals surface area (Å²) in [5.74, 6) is -1.16. The standard InChI is InChI=1S/C19H20N2O7S2/c1-2-28-19(23)17-15(13-3-5-14(6-4-13)21(24)25)10-29-18(17)20-16(22)9-12-7-8-30(26,27)11-12/h3-6,10,12H,2,7-9,11H2,1H3,(H,20,22)/t12-/m1/s1. The lowest BCUT2D eigenvalue weighted by Gasteiger charge is -2.10. The number of esters is 1. The third-order valence-electron chi connectivity index (χ3n) is 4.71. The van der Waals surface area contributed by atoms with Gasteiger partial charge >= 0.3 is 5.97 Å². The van der Waals surface area contributed by atoms with Gasteiger partial charge in [0.1, 0.15) is 10.6 Å². The molecule has 0 saturated carbocycles. The maximum Gasteiger partial charge on any atom is 0.341 e. The van der Waals surface area contributed by atoms with Gasteiger partial charge in [0.05, 0.1) is 23.0 Å². The molecule has 30 heavy (non-hydrogen) atoms. The molecule has 9 nitrogen and oxygen atoms in total. The number of amides is 1. The molecule has 0 spiro atoms. The first-order chi connectivity index (χ1) is 14.2. The maximum atomic E-state index is 12.6. The van der Waals surface area contributed by atoms with Crippen LogP contribution in [0.5, 0.6) is 0 Å². The summed E-state index contributed by atoms with van der Waals surface area (Å²) in [7, 11) is -3.08. The highest BCUT2D eigenvalue weighted by Crippen LogP contribution is 2.37. The molecule has 1 aromatic heterocycles. The van der Waals surface area contributed by atoms with Crippen LogP contribution in [0.3, 0.4) is 0 Å². The van der Waals surface area contributed by atoms with Crippen LogP contribution in [0.2, 0.25) is 0 Å². The molecule has 0 radical (unpaired) electrons. The number of hydrogen-bond donors (Lipinski definition) is 1. The molecule has 3 rings (SSSR count). The molecule has 11 heteroatoms. The maximum absolute atomic E-state index is 12.6. The number of sulfone groups is 1. The van der Waals surface area contributed by atoms with Crippen molar-refractivity contribution < 1.29 is 27.7 Å². The number of carbonyl (C=O) groups excluding carboxylic acids is 2. The van der Waals surface area contributed by atoms with Gasteiger partial charge < -0.3 is 10.1 Å². The van der Waals surface area contributed by atoms with Gasteiger partial charge in [-0.1, -0.05) is 0 Å². The van der Waals surface area contributed by atoms with Crippen LogP contribution in [0.1, 0.15) is 30.1 Å². The number of rotatable bonds is 7. The average Bonchev–Trinajstić information content (AvgIpc) is 3.24. The molecule has 1 amide bonds. The molecule has 1 aromatic carbocycles. The van der Waals surface area contributed by atoms with Crippen LogP contribution in [0, 0.1) is 16.0 Å². The minimum Gasteiger partial charge on any atom is -0.462 e. The van der Waals surface area contributed by atoms with Crippen molar-refractivity contribution in [3.8, 4) is 11.1 Å². The van der Waals surface area contributed by atoms with Crippen LogP contribution in [0.4, 0.5) is 10.7 Å². The highest BCUT2D eigenvalue weighted by molar-refractivity contribution is 7.91. The van der Waals surface area contributed by atoms with Crippen molar-refractivity contribution in [1.29, 1.82) is 0 Å². The summed E-state index contributed by atoms with van der Waals surface area (Å²) in [5.41, 5.74) is 1.16. The third-order valence-corrected chi connectivity index (χ3v) is 7.45. The zero-order valence-corrected chi connectivity index (χ0v) is 17.8. The number of carbonyl (C=O) groups is 2. The van der Waals surface area contributed by atoms with E-state index in [0.717, 1.165) is 11.3 Å². The molecule has 1 aliphatic heterocycles. The van der Waals surface area contributed by atoms with E-state index in [1.165, 1.54) is 24.3 Å². The smallest absolute Gasteiger partial charge is 0.341 e. The van der Waals surface area contributed by atoms with Crippen LogP contribution in [-0.2, 0) is 19.4 Å². The van der Waals surface area contributed by atoms with Crippen molar-refractivity contribution in [3.63, 3.8) is 0 Å². The molecule has 1 N–H and O–H groups in total. The second-order valence-electron chi connectivity index (χ2n) is 6.90. The Labute approximate surface area is 177 Å². The minimum atomic E-state index is -3.08. The Morgan fingerprint density at radius 2 is 2.00 bits per heavy atom. The van der Waals surface area contributed by atoms with Crippen molar-refractivity contribution in [2.45, 2.75) is 19.8 Å². The quantitative estimate of drug-likeness (QED) is 0.387. The molecule has 0 aliphatic carbocycles. The van der Waals surface area contributed by atoms with Crippen molar-refractivity contribution in [2.24, 2.45) is 5.92 Å². The summed E-state index contributed by atoms with van der Waals surface area (Å²) in [6.07, 6.45) is 0.491. The number of hydrogen-bond acceptors (Lipinski definition) is 8. The van der Waals surface area contributed by atoms with Gasteiger partial charge in [0.15, 0.2) is 9.84 Å². The first-order valence-electron chi connectivity index (χ1n) is 9.24. The van der Waals surface area contributed by atoms with Gasteiger partial charge in [-0.3, -0.25) is 14.9 Å². The van der Waals surface area contributed by atoms with Gasteiger partial charge in [0, 0.05) is 29.5 Å². The van der Waals surface area contributed by atoms with E-state index in [2.05, 4.69) is 5.32 Å². The minimum absolute atomic E-state index is 0.0103. The van der Waals surface area contributed by atoms with Gasteiger partial charge in [-0.15, -0.1) is 11.3 Å². The summed E-state index contributed by atoms with van der Waals surface area (Å²) in [6, 6.07) is 5.72. The summed E-state index contributed by atoms with van der Waals surface area (Å²) in [4.78, 5) is 35.4. The number of nitrogens with one attached hydrogen (secondary N) is 1. The number of non-ortho nitro benzene ring substituents is 1. The number of nitro benzene ring substituents is 1. The van der Waals surface area contributed by atoms with Crippen LogP contribution < -0.4 is 5.32 Å². The molecule has 0 unspecified atom stereocenters. The van der Waals surface area contributed by atoms with Crippen LogP contribution in [0.25, 0.3) is 11.1 Å². The highest BCUT2D eigenvalue weighted by Gasteiger charge is 2.30. The summed E-state index contributed by atoms with van der Waals surface area (Å²) in [6.45, 7) is 1.80. The number of anilines is 1. The normalized spacial score (nSPS) is 17.4. The lowest BCUT2D eigenvalue weighted by Crippen LogP contribution is -2.18. The number of nitro groups is 1. The van der Waals surface area contributed by atoms with E-state index in [4.69, 9.17) is 4.74 Å². The summed E-state index contributed by atoms with van der Waals surface area (Å²) in [5, 5.41) is 15.5.